The van der Waals surface area contributed by atoms with Crippen molar-refractivity contribution in [3.8, 4) is 5.75 Å². The van der Waals surface area contributed by atoms with E-state index in [2.05, 4.69) is 27.0 Å². The number of nitrogens with zero attached hydrogens (tertiary/aromatic N) is 2. The maximum absolute atomic E-state index is 5.65. The molecule has 1 unspecified atom stereocenters. The van der Waals surface area contributed by atoms with Crippen molar-refractivity contribution in [3.05, 3.63) is 48.5 Å². The largest absolute Gasteiger partial charge is 0.493 e. The van der Waals surface area contributed by atoms with Crippen molar-refractivity contribution in [2.75, 3.05) is 13.2 Å². The lowest BCUT2D eigenvalue weighted by Crippen LogP contribution is -2.29. The van der Waals surface area contributed by atoms with Crippen molar-refractivity contribution in [3.63, 3.8) is 0 Å². The predicted octanol–water partition coefficient (Wildman–Crippen LogP) is 2.00. The van der Waals surface area contributed by atoms with E-state index in [0.717, 1.165) is 31.9 Å². The molecule has 2 aromatic rings. The number of hydrogen-bond donors (Lipinski definition) is 1. The van der Waals surface area contributed by atoms with Gasteiger partial charge in [0.15, 0.2) is 0 Å². The monoisotopic (exact) mass is 243 g/mol. The molecule has 1 aromatic carbocycles. The molecule has 0 aliphatic carbocycles. The van der Waals surface area contributed by atoms with Crippen LogP contribution in [-0.4, -0.2) is 22.7 Å². The molecule has 0 amide bonds. The van der Waals surface area contributed by atoms with Gasteiger partial charge in [0.1, 0.15) is 5.75 Å². The Morgan fingerprint density at radius 1 is 1.39 bits per heavy atom. The molecule has 4 heteroatoms. The van der Waals surface area contributed by atoms with Crippen LogP contribution in [0.4, 0.5) is 0 Å². The first-order valence-corrected chi connectivity index (χ1v) is 6.34. The molecule has 0 saturated heterocycles. The highest BCUT2D eigenvalue weighted by Crippen LogP contribution is 2.31. The number of fused-ring (bicyclic) bond motifs is 1. The molecule has 0 radical (unpaired) electrons. The van der Waals surface area contributed by atoms with Crippen LogP contribution in [-0.2, 0) is 6.54 Å². The first-order chi connectivity index (χ1) is 8.93. The summed E-state index contributed by atoms with van der Waals surface area (Å²) < 4.78 is 7.73. The molecule has 1 aromatic heterocycles. The topological polar surface area (TPSA) is 39.1 Å². The van der Waals surface area contributed by atoms with Crippen LogP contribution in [0.3, 0.4) is 0 Å². The highest BCUT2D eigenvalue weighted by molar-refractivity contribution is 5.37. The molecule has 0 bridgehead atoms. The summed E-state index contributed by atoms with van der Waals surface area (Å²) in [5, 5.41) is 3.59. The molecule has 4 nitrogen and oxygen atoms in total. The molecule has 0 spiro atoms. The van der Waals surface area contributed by atoms with Gasteiger partial charge in [0.2, 0.25) is 0 Å². The van der Waals surface area contributed by atoms with Gasteiger partial charge in [0.05, 0.1) is 12.9 Å². The van der Waals surface area contributed by atoms with Gasteiger partial charge in [0.25, 0.3) is 0 Å². The summed E-state index contributed by atoms with van der Waals surface area (Å²) in [5.74, 6) is 1.02. The normalized spacial score (nSPS) is 18.1. The molecule has 1 atom stereocenters. The lowest BCUT2D eigenvalue weighted by atomic mass is 10.0. The number of rotatable bonds is 4. The molecular weight excluding hydrogens is 226 g/mol. The second-order valence-electron chi connectivity index (χ2n) is 4.48. The van der Waals surface area contributed by atoms with Gasteiger partial charge in [-0.15, -0.1) is 0 Å². The third kappa shape index (κ3) is 2.38. The lowest BCUT2D eigenvalue weighted by Gasteiger charge is -2.26. The molecule has 94 valence electrons. The average Bonchev–Trinajstić information content (AvgIpc) is 2.92. The second kappa shape index (κ2) is 5.23. The van der Waals surface area contributed by atoms with E-state index in [9.17, 15) is 0 Å². The second-order valence-corrected chi connectivity index (χ2v) is 4.48. The summed E-state index contributed by atoms with van der Waals surface area (Å²) in [5.41, 5.74) is 1.27. The van der Waals surface area contributed by atoms with E-state index in [1.807, 2.05) is 30.9 Å². The Bertz CT molecular complexity index is 496. The fraction of sp³-hybridized carbons (Fsp3) is 0.357. The molecular formula is C14H17N3O. The first kappa shape index (κ1) is 11.3. The van der Waals surface area contributed by atoms with Gasteiger partial charge in [-0.3, -0.25) is 0 Å². The van der Waals surface area contributed by atoms with E-state index < -0.39 is 0 Å². The Morgan fingerprint density at radius 3 is 3.22 bits per heavy atom. The van der Waals surface area contributed by atoms with Gasteiger partial charge in [-0.05, 0) is 6.07 Å². The van der Waals surface area contributed by atoms with Crippen LogP contribution in [0.1, 0.15) is 18.0 Å². The molecule has 1 aliphatic heterocycles. The first-order valence-electron chi connectivity index (χ1n) is 6.34. The number of aromatic nitrogens is 2. The highest BCUT2D eigenvalue weighted by Gasteiger charge is 2.19. The molecule has 1 aliphatic rings. The van der Waals surface area contributed by atoms with E-state index in [4.69, 9.17) is 4.74 Å². The minimum atomic E-state index is 0.401. The molecule has 18 heavy (non-hydrogen) atoms. The van der Waals surface area contributed by atoms with Crippen LogP contribution in [0.5, 0.6) is 5.75 Å². The van der Waals surface area contributed by atoms with Crippen molar-refractivity contribution in [1.29, 1.82) is 0 Å². The van der Waals surface area contributed by atoms with E-state index >= 15 is 0 Å². The zero-order chi connectivity index (χ0) is 12.2. The zero-order valence-electron chi connectivity index (χ0n) is 10.2. The zero-order valence-corrected chi connectivity index (χ0v) is 10.2. The standard InChI is InChI=1S/C14H17N3O/c1-2-4-14-12(3-1)13(5-10-18-14)16-7-9-17-8-6-15-11-17/h1-4,6,8,11,13,16H,5,7,9-10H2. The van der Waals surface area contributed by atoms with Crippen molar-refractivity contribution in [2.24, 2.45) is 0 Å². The van der Waals surface area contributed by atoms with E-state index in [1.165, 1.54) is 5.56 Å². The third-order valence-electron chi connectivity index (χ3n) is 3.28. The quantitative estimate of drug-likeness (QED) is 0.892. The summed E-state index contributed by atoms with van der Waals surface area (Å²) in [6, 6.07) is 8.67. The predicted molar refractivity (Wildman–Crippen MR) is 69.5 cm³/mol. The fourth-order valence-electron chi connectivity index (χ4n) is 2.34. The van der Waals surface area contributed by atoms with Crippen molar-refractivity contribution in [2.45, 2.75) is 19.0 Å². The number of benzene rings is 1. The molecule has 3 rings (SSSR count). The van der Waals surface area contributed by atoms with Crippen LogP contribution in [0, 0.1) is 0 Å². The van der Waals surface area contributed by atoms with Gasteiger partial charge in [0, 0.05) is 43.5 Å². The molecule has 1 N–H and O–H groups in total. The maximum atomic E-state index is 5.65. The number of hydrogen-bond acceptors (Lipinski definition) is 3. The number of ether oxygens (including phenoxy) is 1. The minimum Gasteiger partial charge on any atom is -0.493 e. The molecule has 0 saturated carbocycles. The van der Waals surface area contributed by atoms with E-state index in [1.54, 1.807) is 0 Å². The van der Waals surface area contributed by atoms with Crippen LogP contribution >= 0.6 is 0 Å². The summed E-state index contributed by atoms with van der Waals surface area (Å²) in [7, 11) is 0. The van der Waals surface area contributed by atoms with Crippen molar-refractivity contribution >= 4 is 0 Å². The highest BCUT2D eigenvalue weighted by atomic mass is 16.5. The number of nitrogens with one attached hydrogen (secondary N) is 1. The molecule has 0 fully saturated rings. The van der Waals surface area contributed by atoms with E-state index in [0.29, 0.717) is 6.04 Å². The summed E-state index contributed by atoms with van der Waals surface area (Å²) in [6.45, 7) is 2.68. The Balaban J connectivity index is 1.60. The van der Waals surface area contributed by atoms with Gasteiger partial charge >= 0.3 is 0 Å². The lowest BCUT2D eigenvalue weighted by molar-refractivity contribution is 0.252. The Labute approximate surface area is 107 Å². The number of imidazole rings is 1. The minimum absolute atomic E-state index is 0.401. The fourth-order valence-corrected chi connectivity index (χ4v) is 2.34. The van der Waals surface area contributed by atoms with Crippen molar-refractivity contribution in [1.82, 2.24) is 14.9 Å². The van der Waals surface area contributed by atoms with Crippen LogP contribution < -0.4 is 10.1 Å². The smallest absolute Gasteiger partial charge is 0.124 e. The number of para-hydroxylation sites is 1. The van der Waals surface area contributed by atoms with Gasteiger partial charge < -0.3 is 14.6 Å². The van der Waals surface area contributed by atoms with Crippen LogP contribution in [0.2, 0.25) is 0 Å². The van der Waals surface area contributed by atoms with Gasteiger partial charge in [-0.2, -0.15) is 0 Å². The Morgan fingerprint density at radius 2 is 2.33 bits per heavy atom. The Hall–Kier alpha value is -1.81. The van der Waals surface area contributed by atoms with Gasteiger partial charge in [-0.1, -0.05) is 18.2 Å². The molecule has 2 heterocycles. The van der Waals surface area contributed by atoms with Crippen LogP contribution in [0.15, 0.2) is 43.0 Å². The summed E-state index contributed by atoms with van der Waals surface area (Å²) in [6.07, 6.45) is 6.67. The summed E-state index contributed by atoms with van der Waals surface area (Å²) in [4.78, 5) is 4.04. The Kier molecular flexibility index (Phi) is 3.28. The summed E-state index contributed by atoms with van der Waals surface area (Å²) >= 11 is 0. The van der Waals surface area contributed by atoms with E-state index in [-0.39, 0.29) is 0 Å². The third-order valence-corrected chi connectivity index (χ3v) is 3.28. The van der Waals surface area contributed by atoms with Crippen LogP contribution in [0.25, 0.3) is 0 Å². The average molecular weight is 243 g/mol. The van der Waals surface area contributed by atoms with Gasteiger partial charge in [-0.25, -0.2) is 4.98 Å². The SMILES string of the molecule is c1ccc2c(c1)OCCC2NCCn1ccnc1. The maximum Gasteiger partial charge on any atom is 0.124 e. The van der Waals surface area contributed by atoms with Crippen molar-refractivity contribution < 1.29 is 4.74 Å².